The van der Waals surface area contributed by atoms with Crippen molar-refractivity contribution in [1.82, 2.24) is 15.1 Å². The number of fused-ring (bicyclic) bond motifs is 2. The second-order valence-electron chi connectivity index (χ2n) is 10.3. The van der Waals surface area contributed by atoms with Crippen LogP contribution in [0, 0.1) is 18.7 Å². The fourth-order valence-electron chi connectivity index (χ4n) is 6.33. The van der Waals surface area contributed by atoms with E-state index in [1.807, 2.05) is 6.92 Å². The first-order valence-corrected chi connectivity index (χ1v) is 12.3. The maximum absolute atomic E-state index is 14.2. The smallest absolute Gasteiger partial charge is 0.243 e. The zero-order valence-electron chi connectivity index (χ0n) is 19.0. The normalized spacial score (nSPS) is 33.1. The van der Waals surface area contributed by atoms with Crippen molar-refractivity contribution in [2.75, 3.05) is 31.5 Å². The van der Waals surface area contributed by atoms with E-state index in [1.54, 1.807) is 6.07 Å². The number of benzene rings is 1. The van der Waals surface area contributed by atoms with Crippen LogP contribution in [0.15, 0.2) is 12.1 Å². The van der Waals surface area contributed by atoms with Gasteiger partial charge in [0.05, 0.1) is 0 Å². The van der Waals surface area contributed by atoms with Crippen LogP contribution in [-0.4, -0.2) is 72.3 Å². The van der Waals surface area contributed by atoms with Gasteiger partial charge in [0.2, 0.25) is 5.91 Å². The van der Waals surface area contributed by atoms with Gasteiger partial charge >= 0.3 is 0 Å². The van der Waals surface area contributed by atoms with Crippen molar-refractivity contribution in [3.8, 4) is 0 Å². The number of amides is 1. The van der Waals surface area contributed by atoms with Gasteiger partial charge in [0, 0.05) is 67.9 Å². The van der Waals surface area contributed by atoms with Crippen molar-refractivity contribution in [3.05, 3.63) is 29.1 Å². The van der Waals surface area contributed by atoms with E-state index < -0.39 is 6.04 Å². The number of nitrogens with zero attached hydrogens (tertiary/aromatic N) is 2. The predicted octanol–water partition coefficient (Wildman–Crippen LogP) is 2.49. The Balaban J connectivity index is 1.15. The Kier molecular flexibility index (Phi) is 6.21. The van der Waals surface area contributed by atoms with Crippen LogP contribution in [0.25, 0.3) is 0 Å². The predicted molar refractivity (Wildman–Crippen MR) is 122 cm³/mol. The van der Waals surface area contributed by atoms with Crippen LogP contribution in [0.3, 0.4) is 0 Å². The minimum absolute atomic E-state index is 0.0114. The van der Waals surface area contributed by atoms with Gasteiger partial charge in [0.1, 0.15) is 18.1 Å². The van der Waals surface area contributed by atoms with Gasteiger partial charge in [-0.05, 0) is 57.1 Å². The molecule has 3 heterocycles. The second kappa shape index (κ2) is 9.10. The standard InChI is InChI=1S/C25H35FN4O2/c1-16-5-8-22(26)21-12-23(28-24(16)21)25(32)27-18-3-2-4-19(11-18)30-10-9-29-13-17(15-31)6-7-20(29)14-30/h5,8,15,17-20,23,28H,2-4,6-7,9-14H2,1H3,(H,27,32)/t17?,18-,19-,20-,23?/m1/s1. The van der Waals surface area contributed by atoms with Gasteiger partial charge < -0.3 is 15.4 Å². The van der Waals surface area contributed by atoms with Crippen molar-refractivity contribution in [2.24, 2.45) is 5.92 Å². The number of aryl methyl sites for hydroxylation is 1. The molecule has 0 radical (unpaired) electrons. The molecule has 0 bridgehead atoms. The molecule has 0 spiro atoms. The summed E-state index contributed by atoms with van der Waals surface area (Å²) >= 11 is 0. The zero-order valence-corrected chi connectivity index (χ0v) is 19.0. The highest BCUT2D eigenvalue weighted by Crippen LogP contribution is 2.32. The number of aldehydes is 1. The van der Waals surface area contributed by atoms with E-state index in [9.17, 15) is 14.0 Å². The molecule has 1 aromatic carbocycles. The zero-order chi connectivity index (χ0) is 22.2. The van der Waals surface area contributed by atoms with E-state index in [1.165, 1.54) is 12.5 Å². The first-order chi connectivity index (χ1) is 15.5. The lowest BCUT2D eigenvalue weighted by atomic mass is 9.87. The van der Waals surface area contributed by atoms with Crippen molar-refractivity contribution < 1.29 is 14.0 Å². The molecule has 2 saturated heterocycles. The number of anilines is 1. The number of rotatable bonds is 4. The van der Waals surface area contributed by atoms with Crippen LogP contribution in [0.1, 0.15) is 49.7 Å². The Hall–Kier alpha value is -1.99. The molecular weight excluding hydrogens is 407 g/mol. The largest absolute Gasteiger partial charge is 0.373 e. The third kappa shape index (κ3) is 4.29. The number of hydrogen-bond donors (Lipinski definition) is 2. The summed E-state index contributed by atoms with van der Waals surface area (Å²) in [4.78, 5) is 29.3. The average Bonchev–Trinajstić information content (AvgIpc) is 3.28. The lowest BCUT2D eigenvalue weighted by molar-refractivity contribution is -0.123. The van der Waals surface area contributed by atoms with Gasteiger partial charge in [-0.1, -0.05) is 6.07 Å². The second-order valence-corrected chi connectivity index (χ2v) is 10.3. The molecule has 7 heteroatoms. The first kappa shape index (κ1) is 21.8. The molecule has 1 aliphatic carbocycles. The van der Waals surface area contributed by atoms with Crippen molar-refractivity contribution in [3.63, 3.8) is 0 Å². The fourth-order valence-corrected chi connectivity index (χ4v) is 6.33. The van der Waals surface area contributed by atoms with Gasteiger partial charge in [-0.25, -0.2) is 4.39 Å². The summed E-state index contributed by atoms with van der Waals surface area (Å²) in [5.74, 6) is -0.0326. The highest BCUT2D eigenvalue weighted by molar-refractivity contribution is 5.88. The number of hydrogen-bond acceptors (Lipinski definition) is 5. The van der Waals surface area contributed by atoms with Gasteiger partial charge in [0.25, 0.3) is 0 Å². The molecule has 32 heavy (non-hydrogen) atoms. The molecule has 5 rings (SSSR count). The number of nitrogens with one attached hydrogen (secondary N) is 2. The minimum Gasteiger partial charge on any atom is -0.373 e. The molecule has 0 aromatic heterocycles. The number of carbonyl (C=O) groups is 2. The van der Waals surface area contributed by atoms with Crippen LogP contribution in [0.2, 0.25) is 0 Å². The van der Waals surface area contributed by atoms with Gasteiger partial charge in [0.15, 0.2) is 0 Å². The molecule has 1 amide bonds. The van der Waals surface area contributed by atoms with E-state index in [4.69, 9.17) is 0 Å². The Morgan fingerprint density at radius 3 is 2.72 bits per heavy atom. The maximum atomic E-state index is 14.2. The number of halogens is 1. The summed E-state index contributed by atoms with van der Waals surface area (Å²) in [6, 6.07) is 4.12. The highest BCUT2D eigenvalue weighted by Gasteiger charge is 2.37. The first-order valence-electron chi connectivity index (χ1n) is 12.3. The van der Waals surface area contributed by atoms with Crippen LogP contribution in [0.4, 0.5) is 10.1 Å². The third-order valence-electron chi connectivity index (χ3n) is 8.18. The van der Waals surface area contributed by atoms with E-state index >= 15 is 0 Å². The summed E-state index contributed by atoms with van der Waals surface area (Å²) in [5.41, 5.74) is 2.40. The highest BCUT2D eigenvalue weighted by atomic mass is 19.1. The Morgan fingerprint density at radius 2 is 1.94 bits per heavy atom. The van der Waals surface area contributed by atoms with Gasteiger partial charge in [-0.2, -0.15) is 0 Å². The van der Waals surface area contributed by atoms with E-state index in [0.29, 0.717) is 24.1 Å². The number of piperidine rings is 1. The number of piperazine rings is 1. The number of carbonyl (C=O) groups excluding carboxylic acids is 2. The molecular formula is C25H35FN4O2. The fraction of sp³-hybridized carbons (Fsp3) is 0.680. The minimum atomic E-state index is -0.391. The lowest BCUT2D eigenvalue weighted by Crippen LogP contribution is -2.60. The third-order valence-corrected chi connectivity index (χ3v) is 8.18. The van der Waals surface area contributed by atoms with Crippen LogP contribution in [-0.2, 0) is 16.0 Å². The molecule has 2 N–H and O–H groups in total. The molecule has 4 aliphatic rings. The van der Waals surface area contributed by atoms with Crippen molar-refractivity contribution in [2.45, 2.75) is 76.0 Å². The SMILES string of the molecule is Cc1ccc(F)c2c1NC(C(=O)N[C@@H]1CCC[C@@H](N3CCN4CC(C=O)CC[C@@H]4C3)C1)C2. The average molecular weight is 443 g/mol. The summed E-state index contributed by atoms with van der Waals surface area (Å²) in [5, 5.41) is 6.53. The van der Waals surface area contributed by atoms with E-state index in [0.717, 1.165) is 75.8 Å². The molecule has 6 nitrogen and oxygen atoms in total. The molecule has 1 saturated carbocycles. The summed E-state index contributed by atoms with van der Waals surface area (Å²) in [7, 11) is 0. The van der Waals surface area contributed by atoms with Crippen LogP contribution < -0.4 is 10.6 Å². The van der Waals surface area contributed by atoms with Crippen molar-refractivity contribution in [1.29, 1.82) is 0 Å². The summed E-state index contributed by atoms with van der Waals surface area (Å²) in [6.07, 6.45) is 7.98. The van der Waals surface area contributed by atoms with Crippen LogP contribution in [0.5, 0.6) is 0 Å². The lowest BCUT2D eigenvalue weighted by Gasteiger charge is -2.49. The Bertz CT molecular complexity index is 847. The monoisotopic (exact) mass is 442 g/mol. The van der Waals surface area contributed by atoms with E-state index in [-0.39, 0.29) is 23.7 Å². The Morgan fingerprint density at radius 1 is 1.12 bits per heavy atom. The summed E-state index contributed by atoms with van der Waals surface area (Å²) < 4.78 is 14.2. The van der Waals surface area contributed by atoms with E-state index in [2.05, 4.69) is 20.4 Å². The summed E-state index contributed by atoms with van der Waals surface area (Å²) in [6.45, 7) is 6.03. The van der Waals surface area contributed by atoms with Gasteiger partial charge in [-0.3, -0.25) is 14.6 Å². The molecule has 5 atom stereocenters. The topological polar surface area (TPSA) is 64.7 Å². The molecule has 1 aromatic rings. The maximum Gasteiger partial charge on any atom is 0.243 e. The Labute approximate surface area is 189 Å². The molecule has 3 aliphatic heterocycles. The molecule has 3 fully saturated rings. The molecule has 2 unspecified atom stereocenters. The molecule has 174 valence electrons. The van der Waals surface area contributed by atoms with Crippen LogP contribution >= 0.6 is 0 Å². The van der Waals surface area contributed by atoms with Crippen molar-refractivity contribution >= 4 is 17.9 Å². The van der Waals surface area contributed by atoms with Gasteiger partial charge in [-0.15, -0.1) is 0 Å². The quantitative estimate of drug-likeness (QED) is 0.702.